The van der Waals surface area contributed by atoms with Gasteiger partial charge in [0.2, 0.25) is 5.91 Å². The summed E-state index contributed by atoms with van der Waals surface area (Å²) in [7, 11) is 1.75. The number of ether oxygens (including phenoxy) is 1. The van der Waals surface area contributed by atoms with Crippen LogP contribution in [0.4, 0.5) is 0 Å². The van der Waals surface area contributed by atoms with Crippen molar-refractivity contribution in [1.82, 2.24) is 19.0 Å². The van der Waals surface area contributed by atoms with Crippen molar-refractivity contribution in [3.63, 3.8) is 0 Å². The van der Waals surface area contributed by atoms with E-state index < -0.39 is 12.0 Å². The summed E-state index contributed by atoms with van der Waals surface area (Å²) in [6.45, 7) is 7.33. The molecule has 1 saturated carbocycles. The average Bonchev–Trinajstić information content (AvgIpc) is 3.26. The molecule has 1 aromatic carbocycles. The molecule has 0 radical (unpaired) electrons. The van der Waals surface area contributed by atoms with Gasteiger partial charge in [-0.3, -0.25) is 14.4 Å². The number of hydrogen-bond acceptors (Lipinski definition) is 6. The van der Waals surface area contributed by atoms with Crippen molar-refractivity contribution in [2.24, 2.45) is 18.9 Å². The molecule has 2 aliphatic rings. The number of benzene rings is 1. The van der Waals surface area contributed by atoms with E-state index in [1.165, 1.54) is 0 Å². The van der Waals surface area contributed by atoms with Crippen LogP contribution in [-0.2, 0) is 34.3 Å². The molecule has 1 N–H and O–H groups in total. The number of likely N-dealkylation sites (tertiary alicyclic amines) is 1. The predicted molar refractivity (Wildman–Crippen MR) is 157 cm³/mol. The van der Waals surface area contributed by atoms with Gasteiger partial charge in [-0.1, -0.05) is 6.07 Å². The van der Waals surface area contributed by atoms with Crippen molar-refractivity contribution >= 4 is 22.9 Å². The monoisotopic (exact) mass is 562 g/mol. The molecule has 0 bridgehead atoms. The van der Waals surface area contributed by atoms with Crippen LogP contribution in [0.1, 0.15) is 63.5 Å². The topological polar surface area (TPSA) is 107 Å². The molecule has 1 aliphatic carbocycles. The molecule has 3 atom stereocenters. The Morgan fingerprint density at radius 2 is 1.95 bits per heavy atom. The Labute approximate surface area is 241 Å². The van der Waals surface area contributed by atoms with E-state index in [0.29, 0.717) is 30.9 Å². The number of carbonyl (C=O) groups is 2. The highest BCUT2D eigenvalue weighted by atomic mass is 16.5. The van der Waals surface area contributed by atoms with Crippen molar-refractivity contribution < 1.29 is 19.4 Å². The van der Waals surface area contributed by atoms with Crippen LogP contribution in [0.2, 0.25) is 0 Å². The lowest BCUT2D eigenvalue weighted by molar-refractivity contribution is -0.162. The van der Waals surface area contributed by atoms with Gasteiger partial charge in [-0.2, -0.15) is 0 Å². The van der Waals surface area contributed by atoms with Gasteiger partial charge in [-0.25, -0.2) is 4.98 Å². The van der Waals surface area contributed by atoms with Crippen LogP contribution in [0.5, 0.6) is 0 Å². The lowest BCUT2D eigenvalue weighted by atomic mass is 9.93. The number of aromatic nitrogens is 3. The van der Waals surface area contributed by atoms with E-state index in [4.69, 9.17) is 9.72 Å². The summed E-state index contributed by atoms with van der Waals surface area (Å²) in [4.78, 5) is 44.2. The van der Waals surface area contributed by atoms with Crippen LogP contribution < -0.4 is 5.56 Å². The standard InChI is InChI=1S/C32H42N4O5/c1-20-15-25(19-34(4)31(20)39)30-33-28-16-23(10-12-27(21(2)37)32(40)41-26-8-5-9-26)11-13-29(28)36(30)18-24-7-6-14-35(17-24)22(3)38/h11,13,15-16,19,21,24,26-27,37H,5-10,12,14,17-18H2,1-4H3/t21-,24+,27+/m1/s1. The second-order valence-corrected chi connectivity index (χ2v) is 12.0. The van der Waals surface area contributed by atoms with E-state index in [-0.39, 0.29) is 23.5 Å². The van der Waals surface area contributed by atoms with Gasteiger partial charge in [-0.15, -0.1) is 0 Å². The number of piperidine rings is 1. The van der Waals surface area contributed by atoms with Crippen molar-refractivity contribution in [1.29, 1.82) is 0 Å². The Hall–Kier alpha value is -3.46. The second kappa shape index (κ2) is 12.2. The highest BCUT2D eigenvalue weighted by Gasteiger charge is 2.30. The van der Waals surface area contributed by atoms with Crippen LogP contribution in [0.3, 0.4) is 0 Å². The summed E-state index contributed by atoms with van der Waals surface area (Å²) >= 11 is 0. The summed E-state index contributed by atoms with van der Waals surface area (Å²) < 4.78 is 9.41. The number of carbonyl (C=O) groups excluding carboxylic acids is 2. The first-order valence-corrected chi connectivity index (χ1v) is 14.9. The molecule has 1 amide bonds. The van der Waals surface area contributed by atoms with Gasteiger partial charge in [0.05, 0.1) is 23.1 Å². The summed E-state index contributed by atoms with van der Waals surface area (Å²) in [5.41, 5.74) is 4.36. The Balaban J connectivity index is 1.44. The molecule has 2 fully saturated rings. The number of rotatable bonds is 9. The summed E-state index contributed by atoms with van der Waals surface area (Å²) in [6, 6.07) is 8.09. The smallest absolute Gasteiger partial charge is 0.311 e. The van der Waals surface area contributed by atoms with Gasteiger partial charge in [0.25, 0.3) is 5.56 Å². The molecule has 9 heteroatoms. The van der Waals surface area contributed by atoms with Crippen molar-refractivity contribution in [3.8, 4) is 11.4 Å². The fourth-order valence-electron chi connectivity index (χ4n) is 6.11. The van der Waals surface area contributed by atoms with Crippen molar-refractivity contribution in [2.75, 3.05) is 13.1 Å². The molecule has 41 heavy (non-hydrogen) atoms. The number of aryl methyl sites for hydroxylation is 3. The minimum Gasteiger partial charge on any atom is -0.462 e. The van der Waals surface area contributed by atoms with Crippen LogP contribution in [0.25, 0.3) is 22.4 Å². The van der Waals surface area contributed by atoms with Gasteiger partial charge >= 0.3 is 5.97 Å². The summed E-state index contributed by atoms with van der Waals surface area (Å²) in [5.74, 6) is 0.320. The molecular formula is C32H42N4O5. The molecule has 1 saturated heterocycles. The second-order valence-electron chi connectivity index (χ2n) is 12.0. The quantitative estimate of drug-likeness (QED) is 0.395. The van der Waals surface area contributed by atoms with Crippen LogP contribution in [0, 0.1) is 18.8 Å². The molecule has 2 aromatic heterocycles. The number of amides is 1. The van der Waals surface area contributed by atoms with Gasteiger partial charge in [-0.05, 0) is 88.5 Å². The molecule has 1 aliphatic heterocycles. The fraction of sp³-hybridized carbons (Fsp3) is 0.562. The number of pyridine rings is 1. The van der Waals surface area contributed by atoms with Crippen LogP contribution in [-0.4, -0.2) is 61.3 Å². The minimum absolute atomic E-state index is 0.00436. The zero-order valence-corrected chi connectivity index (χ0v) is 24.6. The molecule has 9 nitrogen and oxygen atoms in total. The molecule has 220 valence electrons. The number of esters is 1. The largest absolute Gasteiger partial charge is 0.462 e. The van der Waals surface area contributed by atoms with E-state index in [1.807, 2.05) is 24.1 Å². The van der Waals surface area contributed by atoms with E-state index in [0.717, 1.165) is 73.2 Å². The first kappa shape index (κ1) is 29.0. The Kier molecular flexibility index (Phi) is 8.63. The maximum Gasteiger partial charge on any atom is 0.311 e. The van der Waals surface area contributed by atoms with Crippen molar-refractivity contribution in [2.45, 2.75) is 84.5 Å². The number of imidazole rings is 1. The zero-order chi connectivity index (χ0) is 29.3. The summed E-state index contributed by atoms with van der Waals surface area (Å²) in [5, 5.41) is 10.3. The minimum atomic E-state index is -0.782. The van der Waals surface area contributed by atoms with E-state index in [9.17, 15) is 19.5 Å². The molecule has 5 rings (SSSR count). The third kappa shape index (κ3) is 6.40. The lowest BCUT2D eigenvalue weighted by Gasteiger charge is -2.32. The highest BCUT2D eigenvalue weighted by Crippen LogP contribution is 2.30. The normalized spacial score (nSPS) is 19.1. The molecule has 0 unspecified atom stereocenters. The van der Waals surface area contributed by atoms with Gasteiger partial charge in [0.1, 0.15) is 11.9 Å². The molecule has 3 heterocycles. The molecule has 0 spiro atoms. The number of aliphatic hydroxyl groups is 1. The Bertz CT molecular complexity index is 1460. The number of nitrogens with zero attached hydrogens (tertiary/aromatic N) is 4. The maximum absolute atomic E-state index is 12.7. The SMILES string of the molecule is CC(=O)N1CCC[C@H](Cn2c(-c3cc(C)c(=O)n(C)c3)nc3cc(CC[C@H](C(=O)OC4CCC4)[C@@H](C)O)ccc32)C1. The third-order valence-electron chi connectivity index (χ3n) is 8.80. The predicted octanol–water partition coefficient (Wildman–Crippen LogP) is 3.99. The summed E-state index contributed by atoms with van der Waals surface area (Å²) in [6.07, 6.45) is 7.05. The molecule has 3 aromatic rings. The van der Waals surface area contributed by atoms with E-state index in [1.54, 1.807) is 25.5 Å². The zero-order valence-electron chi connectivity index (χ0n) is 24.6. The first-order valence-electron chi connectivity index (χ1n) is 14.9. The van der Waals surface area contributed by atoms with Crippen LogP contribution >= 0.6 is 0 Å². The number of hydrogen-bond donors (Lipinski definition) is 1. The molecular weight excluding hydrogens is 520 g/mol. The van der Waals surface area contributed by atoms with E-state index in [2.05, 4.69) is 22.8 Å². The lowest BCUT2D eigenvalue weighted by Crippen LogP contribution is -2.39. The Morgan fingerprint density at radius 1 is 1.17 bits per heavy atom. The number of aliphatic hydroxyl groups excluding tert-OH is 1. The number of fused-ring (bicyclic) bond motifs is 1. The highest BCUT2D eigenvalue weighted by molar-refractivity contribution is 5.81. The maximum atomic E-state index is 12.7. The van der Waals surface area contributed by atoms with Gasteiger partial charge in [0.15, 0.2) is 0 Å². The first-order chi connectivity index (χ1) is 19.6. The van der Waals surface area contributed by atoms with E-state index >= 15 is 0 Å². The van der Waals surface area contributed by atoms with Gasteiger partial charge in [0, 0.05) is 50.9 Å². The Morgan fingerprint density at radius 3 is 2.61 bits per heavy atom. The third-order valence-corrected chi connectivity index (χ3v) is 8.80. The fourth-order valence-corrected chi connectivity index (χ4v) is 6.11. The average molecular weight is 563 g/mol. The van der Waals surface area contributed by atoms with Gasteiger partial charge < -0.3 is 23.9 Å². The van der Waals surface area contributed by atoms with Crippen molar-refractivity contribution in [3.05, 3.63) is 51.9 Å². The van der Waals surface area contributed by atoms with Crippen LogP contribution in [0.15, 0.2) is 35.3 Å².